The van der Waals surface area contributed by atoms with Crippen molar-refractivity contribution in [1.29, 1.82) is 0 Å². The third-order valence-corrected chi connectivity index (χ3v) is 2.15. The topological polar surface area (TPSA) is 38.3 Å². The summed E-state index contributed by atoms with van der Waals surface area (Å²) in [5.41, 5.74) is 0. The van der Waals surface area contributed by atoms with Gasteiger partial charge in [0.1, 0.15) is 0 Å². The van der Waals surface area contributed by atoms with Crippen molar-refractivity contribution in [2.24, 2.45) is 5.92 Å². The molecule has 3 nitrogen and oxygen atoms in total. The van der Waals surface area contributed by atoms with Crippen LogP contribution in [0.5, 0.6) is 0 Å². The van der Waals surface area contributed by atoms with Gasteiger partial charge in [-0.3, -0.25) is 0 Å². The molecule has 1 aliphatic heterocycles. The van der Waals surface area contributed by atoms with Crippen molar-refractivity contribution >= 4 is 6.09 Å². The number of fused-ring (bicyclic) bond motifs is 1. The molecule has 1 saturated heterocycles. The van der Waals surface area contributed by atoms with E-state index >= 15 is 0 Å². The molecule has 1 amide bonds. The largest absolute Gasteiger partial charge is 0.449 e. The van der Waals surface area contributed by atoms with Gasteiger partial charge in [-0.05, 0) is 12.8 Å². The van der Waals surface area contributed by atoms with Crippen LogP contribution in [0.3, 0.4) is 0 Å². The lowest BCUT2D eigenvalue weighted by Crippen LogP contribution is -2.53. The molecule has 0 bridgehead atoms. The molecule has 0 radical (unpaired) electrons. The molecule has 1 aliphatic carbocycles. The summed E-state index contributed by atoms with van der Waals surface area (Å²) in [4.78, 5) is 10.5. The van der Waals surface area contributed by atoms with Crippen molar-refractivity contribution < 1.29 is 9.53 Å². The van der Waals surface area contributed by atoms with Gasteiger partial charge in [0.15, 0.2) is 0 Å². The molecule has 0 aromatic heterocycles. The average molecular weight is 127 g/mol. The molecular weight excluding hydrogens is 118 g/mol. The first-order valence-corrected chi connectivity index (χ1v) is 3.29. The average Bonchev–Trinajstić information content (AvgIpc) is 1.78. The van der Waals surface area contributed by atoms with Gasteiger partial charge in [0, 0.05) is 12.0 Å². The summed E-state index contributed by atoms with van der Waals surface area (Å²) in [6.07, 6.45) is 2.11. The van der Waals surface area contributed by atoms with Crippen LogP contribution in [0.4, 0.5) is 4.79 Å². The van der Waals surface area contributed by atoms with Crippen LogP contribution in [0.15, 0.2) is 0 Å². The zero-order valence-electron chi connectivity index (χ0n) is 5.09. The summed E-state index contributed by atoms with van der Waals surface area (Å²) in [6, 6.07) is 0.436. The maximum absolute atomic E-state index is 10.5. The highest BCUT2D eigenvalue weighted by Gasteiger charge is 2.36. The van der Waals surface area contributed by atoms with E-state index in [-0.39, 0.29) is 6.09 Å². The molecule has 1 N–H and O–H groups in total. The zero-order valence-corrected chi connectivity index (χ0v) is 5.09. The number of hydrogen-bond acceptors (Lipinski definition) is 2. The van der Waals surface area contributed by atoms with E-state index in [9.17, 15) is 4.79 Å². The van der Waals surface area contributed by atoms with Crippen LogP contribution in [0, 0.1) is 5.92 Å². The maximum atomic E-state index is 10.5. The summed E-state index contributed by atoms with van der Waals surface area (Å²) >= 11 is 0. The monoisotopic (exact) mass is 127 g/mol. The summed E-state index contributed by atoms with van der Waals surface area (Å²) in [6.45, 7) is 0.635. The van der Waals surface area contributed by atoms with Crippen LogP contribution in [0.1, 0.15) is 12.8 Å². The second-order valence-electron chi connectivity index (χ2n) is 2.69. The second kappa shape index (κ2) is 1.62. The van der Waals surface area contributed by atoms with E-state index in [4.69, 9.17) is 4.74 Å². The fraction of sp³-hybridized carbons (Fsp3) is 0.833. The molecule has 2 rings (SSSR count). The third-order valence-electron chi connectivity index (χ3n) is 2.15. The molecule has 3 heteroatoms. The highest BCUT2D eigenvalue weighted by Crippen LogP contribution is 2.29. The Labute approximate surface area is 53.4 Å². The van der Waals surface area contributed by atoms with Crippen molar-refractivity contribution in [3.63, 3.8) is 0 Å². The van der Waals surface area contributed by atoms with Gasteiger partial charge >= 0.3 is 6.09 Å². The summed E-state index contributed by atoms with van der Waals surface area (Å²) < 4.78 is 4.76. The molecule has 2 unspecified atom stereocenters. The minimum Gasteiger partial charge on any atom is -0.449 e. The van der Waals surface area contributed by atoms with Crippen LogP contribution in [-0.4, -0.2) is 18.7 Å². The quantitative estimate of drug-likeness (QED) is 0.514. The van der Waals surface area contributed by atoms with E-state index in [1.807, 2.05) is 0 Å². The van der Waals surface area contributed by atoms with Gasteiger partial charge in [0.05, 0.1) is 6.61 Å². The minimum atomic E-state index is -0.240. The number of alkyl carbamates (subject to hydrolysis) is 1. The lowest BCUT2D eigenvalue weighted by Gasteiger charge is -2.39. The molecule has 2 aliphatic rings. The Morgan fingerprint density at radius 3 is 2.89 bits per heavy atom. The highest BCUT2D eigenvalue weighted by molar-refractivity contribution is 5.68. The number of amides is 1. The van der Waals surface area contributed by atoms with Crippen molar-refractivity contribution in [3.8, 4) is 0 Å². The van der Waals surface area contributed by atoms with Crippen molar-refractivity contribution in [3.05, 3.63) is 0 Å². The van der Waals surface area contributed by atoms with E-state index in [0.29, 0.717) is 18.6 Å². The lowest BCUT2D eigenvalue weighted by molar-refractivity contribution is 0.0407. The number of cyclic esters (lactones) is 1. The molecule has 9 heavy (non-hydrogen) atoms. The number of carbonyl (C=O) groups excluding carboxylic acids is 1. The van der Waals surface area contributed by atoms with E-state index < -0.39 is 0 Å². The Morgan fingerprint density at radius 1 is 1.56 bits per heavy atom. The highest BCUT2D eigenvalue weighted by atomic mass is 16.6. The summed E-state index contributed by atoms with van der Waals surface area (Å²) in [7, 11) is 0. The van der Waals surface area contributed by atoms with Crippen LogP contribution in [0.25, 0.3) is 0 Å². The Balaban J connectivity index is 1.99. The first kappa shape index (κ1) is 5.09. The second-order valence-corrected chi connectivity index (χ2v) is 2.69. The molecule has 1 saturated carbocycles. The van der Waals surface area contributed by atoms with E-state index in [0.717, 1.165) is 6.42 Å². The molecular formula is C6H9NO2. The first-order valence-electron chi connectivity index (χ1n) is 3.29. The fourth-order valence-electron chi connectivity index (χ4n) is 1.33. The van der Waals surface area contributed by atoms with Gasteiger partial charge in [-0.25, -0.2) is 4.79 Å². The van der Waals surface area contributed by atoms with Crippen LogP contribution < -0.4 is 5.32 Å². The predicted octanol–water partition coefficient (Wildman–Crippen LogP) is 0.505. The molecule has 50 valence electrons. The van der Waals surface area contributed by atoms with Gasteiger partial charge in [-0.2, -0.15) is 0 Å². The zero-order chi connectivity index (χ0) is 6.27. The van der Waals surface area contributed by atoms with E-state index in [1.54, 1.807) is 0 Å². The Kier molecular flexibility index (Phi) is 0.917. The Hall–Kier alpha value is -0.730. The fourth-order valence-corrected chi connectivity index (χ4v) is 1.33. The van der Waals surface area contributed by atoms with Gasteiger partial charge < -0.3 is 10.1 Å². The number of hydrogen-bond donors (Lipinski definition) is 1. The molecule has 2 fully saturated rings. The number of ether oxygens (including phenoxy) is 1. The third kappa shape index (κ3) is 0.677. The summed E-state index contributed by atoms with van der Waals surface area (Å²) in [5.74, 6) is 0.614. The molecule has 0 aromatic rings. The van der Waals surface area contributed by atoms with Crippen LogP contribution in [-0.2, 0) is 4.74 Å². The van der Waals surface area contributed by atoms with E-state index in [1.165, 1.54) is 6.42 Å². The number of rotatable bonds is 0. The smallest absolute Gasteiger partial charge is 0.407 e. The van der Waals surface area contributed by atoms with Crippen molar-refractivity contribution in [2.75, 3.05) is 6.61 Å². The van der Waals surface area contributed by atoms with Crippen LogP contribution in [0.2, 0.25) is 0 Å². The molecule has 0 spiro atoms. The first-order chi connectivity index (χ1) is 4.36. The summed E-state index contributed by atoms with van der Waals surface area (Å²) in [5, 5.41) is 2.75. The molecule has 1 heterocycles. The van der Waals surface area contributed by atoms with Gasteiger partial charge in [-0.15, -0.1) is 0 Å². The van der Waals surface area contributed by atoms with Gasteiger partial charge in [-0.1, -0.05) is 0 Å². The predicted molar refractivity (Wildman–Crippen MR) is 31.0 cm³/mol. The van der Waals surface area contributed by atoms with Crippen LogP contribution >= 0.6 is 0 Å². The van der Waals surface area contributed by atoms with Crippen molar-refractivity contribution in [1.82, 2.24) is 5.32 Å². The molecule has 0 aromatic carbocycles. The maximum Gasteiger partial charge on any atom is 0.407 e. The van der Waals surface area contributed by atoms with Gasteiger partial charge in [0.25, 0.3) is 0 Å². The standard InChI is InChI=1S/C6H9NO2/c8-6-7-5-2-1-4(5)3-9-6/h4-5H,1-3H2,(H,7,8). The Morgan fingerprint density at radius 2 is 2.44 bits per heavy atom. The lowest BCUT2D eigenvalue weighted by atomic mass is 9.80. The van der Waals surface area contributed by atoms with Gasteiger partial charge in [0.2, 0.25) is 0 Å². The molecule has 2 atom stereocenters. The number of nitrogens with one attached hydrogen (secondary N) is 1. The van der Waals surface area contributed by atoms with E-state index in [2.05, 4.69) is 5.32 Å². The SMILES string of the molecule is O=C1NC2CCC2CO1. The number of carbonyl (C=O) groups is 1. The normalized spacial score (nSPS) is 39.8. The minimum absolute atomic E-state index is 0.240. The van der Waals surface area contributed by atoms with Crippen molar-refractivity contribution in [2.45, 2.75) is 18.9 Å². The Bertz CT molecular complexity index is 146.